The smallest absolute Gasteiger partial charge is 0.180 e. The van der Waals surface area contributed by atoms with Gasteiger partial charge in [-0.25, -0.2) is 4.68 Å². The van der Waals surface area contributed by atoms with E-state index in [1.807, 2.05) is 17.7 Å². The summed E-state index contributed by atoms with van der Waals surface area (Å²) in [6.45, 7) is 8.05. The van der Waals surface area contributed by atoms with Crippen LogP contribution in [0.5, 0.6) is 0 Å². The summed E-state index contributed by atoms with van der Waals surface area (Å²) in [6, 6.07) is 11.0. The molecular weight excluding hydrogens is 274 g/mol. The van der Waals surface area contributed by atoms with E-state index in [0.29, 0.717) is 6.04 Å². The number of hydrogen-bond donors (Lipinski definition) is 0. The Labute approximate surface area is 123 Å². The van der Waals surface area contributed by atoms with Crippen molar-refractivity contribution >= 4 is 23.6 Å². The van der Waals surface area contributed by atoms with Crippen molar-refractivity contribution in [1.82, 2.24) is 14.7 Å². The van der Waals surface area contributed by atoms with Gasteiger partial charge in [0.25, 0.3) is 0 Å². The van der Waals surface area contributed by atoms with Gasteiger partial charge in [-0.2, -0.15) is 5.10 Å². The zero-order valence-electron chi connectivity index (χ0n) is 11.5. The quantitative estimate of drug-likeness (QED) is 0.781. The molecule has 1 aromatic heterocycles. The van der Waals surface area contributed by atoms with Gasteiger partial charge in [0.1, 0.15) is 5.01 Å². The van der Waals surface area contributed by atoms with Crippen LogP contribution in [0.3, 0.4) is 0 Å². The van der Waals surface area contributed by atoms with E-state index in [4.69, 9.17) is 12.2 Å². The van der Waals surface area contributed by atoms with Gasteiger partial charge >= 0.3 is 0 Å². The Morgan fingerprint density at radius 1 is 1.32 bits per heavy atom. The maximum Gasteiger partial charge on any atom is 0.180 e. The van der Waals surface area contributed by atoms with Crippen LogP contribution in [0.4, 0.5) is 0 Å². The van der Waals surface area contributed by atoms with E-state index in [1.165, 1.54) is 5.56 Å². The molecule has 2 rings (SSSR count). The topological polar surface area (TPSA) is 21.1 Å². The van der Waals surface area contributed by atoms with Crippen molar-refractivity contribution in [3.8, 4) is 0 Å². The number of hydrogen-bond acceptors (Lipinski definition) is 4. The monoisotopic (exact) mass is 293 g/mol. The normalized spacial score (nSPS) is 11.4. The summed E-state index contributed by atoms with van der Waals surface area (Å²) >= 11 is 6.90. The Kier molecular flexibility index (Phi) is 4.85. The summed E-state index contributed by atoms with van der Waals surface area (Å²) in [5.74, 6) is 0. The average Bonchev–Trinajstić information content (AvgIpc) is 2.68. The van der Waals surface area contributed by atoms with Crippen LogP contribution in [-0.4, -0.2) is 20.7 Å². The van der Waals surface area contributed by atoms with Gasteiger partial charge in [-0.05, 0) is 38.6 Å². The number of nitrogens with zero attached hydrogens (tertiary/aromatic N) is 3. The van der Waals surface area contributed by atoms with Crippen LogP contribution < -0.4 is 0 Å². The van der Waals surface area contributed by atoms with Gasteiger partial charge in [0.05, 0.1) is 6.67 Å². The van der Waals surface area contributed by atoms with Gasteiger partial charge in [-0.15, -0.1) is 0 Å². The van der Waals surface area contributed by atoms with Crippen LogP contribution in [0.2, 0.25) is 0 Å². The molecule has 0 aliphatic rings. The Morgan fingerprint density at radius 2 is 2.00 bits per heavy atom. The molecule has 0 N–H and O–H groups in total. The minimum Gasteiger partial charge on any atom is -0.278 e. The van der Waals surface area contributed by atoms with Gasteiger partial charge < -0.3 is 0 Å². The minimum atomic E-state index is 0.448. The lowest BCUT2D eigenvalue weighted by molar-refractivity contribution is 0.154. The van der Waals surface area contributed by atoms with Crippen molar-refractivity contribution in [3.63, 3.8) is 0 Å². The molecule has 1 aromatic carbocycles. The van der Waals surface area contributed by atoms with Crippen molar-refractivity contribution in [1.29, 1.82) is 0 Å². The fraction of sp³-hybridized carbons (Fsp3) is 0.429. The highest BCUT2D eigenvalue weighted by Crippen LogP contribution is 2.12. The summed E-state index contributed by atoms with van der Waals surface area (Å²) in [4.78, 5) is 2.37. The first kappa shape index (κ1) is 14.4. The third kappa shape index (κ3) is 3.96. The molecule has 2 aromatic rings. The van der Waals surface area contributed by atoms with Gasteiger partial charge in [0, 0.05) is 12.6 Å². The van der Waals surface area contributed by atoms with Crippen molar-refractivity contribution in [2.24, 2.45) is 0 Å². The van der Waals surface area contributed by atoms with Crippen LogP contribution in [-0.2, 0) is 13.2 Å². The predicted octanol–water partition coefficient (Wildman–Crippen LogP) is 3.85. The molecule has 0 bridgehead atoms. The molecule has 0 unspecified atom stereocenters. The minimum absolute atomic E-state index is 0.448. The van der Waals surface area contributed by atoms with E-state index in [9.17, 15) is 0 Å². The van der Waals surface area contributed by atoms with E-state index >= 15 is 0 Å². The van der Waals surface area contributed by atoms with Crippen molar-refractivity contribution < 1.29 is 0 Å². The fourth-order valence-electron chi connectivity index (χ4n) is 1.89. The van der Waals surface area contributed by atoms with Crippen molar-refractivity contribution in [2.45, 2.75) is 40.0 Å². The highest BCUT2D eigenvalue weighted by Gasteiger charge is 2.12. The zero-order valence-corrected chi connectivity index (χ0v) is 13.2. The predicted molar refractivity (Wildman–Crippen MR) is 82.8 cm³/mol. The van der Waals surface area contributed by atoms with E-state index < -0.39 is 0 Å². The van der Waals surface area contributed by atoms with Gasteiger partial charge in [-0.3, -0.25) is 4.90 Å². The van der Waals surface area contributed by atoms with Crippen LogP contribution in [0, 0.1) is 10.9 Å². The molecule has 0 saturated carbocycles. The fourth-order valence-corrected chi connectivity index (χ4v) is 2.94. The first-order valence-electron chi connectivity index (χ1n) is 6.39. The zero-order chi connectivity index (χ0) is 13.8. The Morgan fingerprint density at radius 3 is 2.53 bits per heavy atom. The summed E-state index contributed by atoms with van der Waals surface area (Å²) in [5, 5.41) is 5.49. The summed E-state index contributed by atoms with van der Waals surface area (Å²) in [5.41, 5.74) is 1.31. The molecule has 1 heterocycles. The maximum absolute atomic E-state index is 5.33. The Balaban J connectivity index is 2.13. The number of aryl methyl sites for hydroxylation is 1. The third-order valence-corrected chi connectivity index (χ3v) is 4.20. The van der Waals surface area contributed by atoms with Gasteiger partial charge in [0.2, 0.25) is 0 Å². The molecule has 0 amide bonds. The lowest BCUT2D eigenvalue weighted by Crippen LogP contribution is -2.32. The summed E-state index contributed by atoms with van der Waals surface area (Å²) in [7, 11) is 0. The third-order valence-electron chi connectivity index (χ3n) is 2.98. The second-order valence-electron chi connectivity index (χ2n) is 4.85. The van der Waals surface area contributed by atoms with E-state index in [-0.39, 0.29) is 0 Å². The second kappa shape index (κ2) is 6.41. The lowest BCUT2D eigenvalue weighted by Gasteiger charge is -2.26. The lowest BCUT2D eigenvalue weighted by atomic mass is 10.2. The molecule has 0 aliphatic carbocycles. The van der Waals surface area contributed by atoms with Crippen molar-refractivity contribution in [3.05, 3.63) is 44.9 Å². The molecule has 0 atom stereocenters. The van der Waals surface area contributed by atoms with Gasteiger partial charge in [-0.1, -0.05) is 41.7 Å². The number of benzene rings is 1. The highest BCUT2D eigenvalue weighted by atomic mass is 32.1. The molecule has 102 valence electrons. The molecule has 0 spiro atoms. The highest BCUT2D eigenvalue weighted by molar-refractivity contribution is 7.73. The molecule has 0 saturated heterocycles. The average molecular weight is 293 g/mol. The Hall–Kier alpha value is -1.04. The first-order chi connectivity index (χ1) is 9.06. The molecule has 0 radical (unpaired) electrons. The SMILES string of the molecule is Cc1nn(CN(Cc2ccccc2)C(C)C)c(=S)s1. The van der Waals surface area contributed by atoms with Crippen LogP contribution in [0.1, 0.15) is 24.4 Å². The van der Waals surface area contributed by atoms with Crippen LogP contribution >= 0.6 is 23.6 Å². The number of rotatable bonds is 5. The number of aromatic nitrogens is 2. The van der Waals surface area contributed by atoms with E-state index in [0.717, 1.165) is 22.2 Å². The van der Waals surface area contributed by atoms with Crippen LogP contribution in [0.25, 0.3) is 0 Å². The molecule has 19 heavy (non-hydrogen) atoms. The standard InChI is InChI=1S/C14H19N3S2/c1-11(2)16(9-13-7-5-4-6-8-13)10-17-14(18)19-12(3)15-17/h4-8,11H,9-10H2,1-3H3. The van der Waals surface area contributed by atoms with Crippen molar-refractivity contribution in [2.75, 3.05) is 0 Å². The second-order valence-corrected chi connectivity index (χ2v) is 6.68. The molecule has 0 aliphatic heterocycles. The molecular formula is C14H19N3S2. The van der Waals surface area contributed by atoms with E-state index in [1.54, 1.807) is 11.3 Å². The molecule has 0 fully saturated rings. The van der Waals surface area contributed by atoms with E-state index in [2.05, 4.69) is 48.1 Å². The summed E-state index contributed by atoms with van der Waals surface area (Å²) in [6.07, 6.45) is 0. The first-order valence-corrected chi connectivity index (χ1v) is 7.61. The molecule has 5 heteroatoms. The maximum atomic E-state index is 5.33. The molecule has 3 nitrogen and oxygen atoms in total. The Bertz CT molecular complexity index is 572. The van der Waals surface area contributed by atoms with Crippen LogP contribution in [0.15, 0.2) is 30.3 Å². The summed E-state index contributed by atoms with van der Waals surface area (Å²) < 4.78 is 2.76. The van der Waals surface area contributed by atoms with Gasteiger partial charge in [0.15, 0.2) is 3.95 Å². The largest absolute Gasteiger partial charge is 0.278 e.